The minimum atomic E-state index is -0.103. The standard InChI is InChI=1S/C14H17NO2/c16-11-14(8-9-14)10-15-13(17)7-6-12-4-2-1-3-5-12/h1-7,16H,8-11H2,(H,15,17). The molecule has 1 aromatic carbocycles. The first-order valence-corrected chi connectivity index (χ1v) is 5.86. The lowest BCUT2D eigenvalue weighted by Crippen LogP contribution is -2.30. The van der Waals surface area contributed by atoms with E-state index in [1.807, 2.05) is 30.3 Å². The second kappa shape index (κ2) is 5.15. The van der Waals surface area contributed by atoms with Crippen LogP contribution >= 0.6 is 0 Å². The Hall–Kier alpha value is -1.61. The van der Waals surface area contributed by atoms with Gasteiger partial charge in [0.2, 0.25) is 5.91 Å². The van der Waals surface area contributed by atoms with Crippen LogP contribution in [0, 0.1) is 5.41 Å². The lowest BCUT2D eigenvalue weighted by atomic mass is 10.1. The van der Waals surface area contributed by atoms with Crippen LogP contribution in [-0.2, 0) is 4.79 Å². The summed E-state index contributed by atoms with van der Waals surface area (Å²) in [5.74, 6) is -0.103. The predicted octanol–water partition coefficient (Wildman–Crippen LogP) is 1.59. The van der Waals surface area contributed by atoms with Crippen LogP contribution in [0.3, 0.4) is 0 Å². The summed E-state index contributed by atoms with van der Waals surface area (Å²) < 4.78 is 0. The van der Waals surface area contributed by atoms with Crippen LogP contribution in [0.15, 0.2) is 36.4 Å². The molecule has 1 fully saturated rings. The lowest BCUT2D eigenvalue weighted by molar-refractivity contribution is -0.116. The molecule has 0 bridgehead atoms. The van der Waals surface area contributed by atoms with Crippen LogP contribution in [0.4, 0.5) is 0 Å². The van der Waals surface area contributed by atoms with Gasteiger partial charge in [0, 0.05) is 18.0 Å². The Morgan fingerprint density at radius 1 is 1.35 bits per heavy atom. The molecule has 90 valence electrons. The van der Waals surface area contributed by atoms with Crippen LogP contribution in [0.5, 0.6) is 0 Å². The maximum absolute atomic E-state index is 11.5. The molecule has 3 nitrogen and oxygen atoms in total. The summed E-state index contributed by atoms with van der Waals surface area (Å²) in [7, 11) is 0. The minimum Gasteiger partial charge on any atom is -0.396 e. The fourth-order valence-corrected chi connectivity index (χ4v) is 1.64. The van der Waals surface area contributed by atoms with Crippen molar-refractivity contribution in [1.29, 1.82) is 0 Å². The van der Waals surface area contributed by atoms with Gasteiger partial charge in [0.05, 0.1) is 6.61 Å². The highest BCUT2D eigenvalue weighted by atomic mass is 16.3. The molecule has 0 saturated heterocycles. The third-order valence-corrected chi connectivity index (χ3v) is 3.16. The number of hydrogen-bond acceptors (Lipinski definition) is 2. The van der Waals surface area contributed by atoms with Gasteiger partial charge in [-0.1, -0.05) is 30.3 Å². The maximum Gasteiger partial charge on any atom is 0.244 e. The van der Waals surface area contributed by atoms with Crippen molar-refractivity contribution in [2.45, 2.75) is 12.8 Å². The average Bonchev–Trinajstić information content (AvgIpc) is 3.16. The van der Waals surface area contributed by atoms with Gasteiger partial charge in [-0.25, -0.2) is 0 Å². The Morgan fingerprint density at radius 2 is 2.06 bits per heavy atom. The number of carbonyl (C=O) groups excluding carboxylic acids is 1. The SMILES string of the molecule is O=C(C=Cc1ccccc1)NCC1(CO)CC1. The number of aliphatic hydroxyl groups excluding tert-OH is 1. The molecule has 1 aromatic rings. The summed E-state index contributed by atoms with van der Waals surface area (Å²) >= 11 is 0. The molecule has 1 aliphatic carbocycles. The van der Waals surface area contributed by atoms with Crippen LogP contribution in [-0.4, -0.2) is 24.2 Å². The van der Waals surface area contributed by atoms with Crippen molar-refractivity contribution in [2.24, 2.45) is 5.41 Å². The van der Waals surface area contributed by atoms with E-state index in [-0.39, 0.29) is 17.9 Å². The van der Waals surface area contributed by atoms with E-state index in [9.17, 15) is 4.79 Å². The van der Waals surface area contributed by atoms with Crippen molar-refractivity contribution in [3.63, 3.8) is 0 Å². The van der Waals surface area contributed by atoms with E-state index in [0.29, 0.717) is 6.54 Å². The van der Waals surface area contributed by atoms with E-state index in [1.54, 1.807) is 6.08 Å². The third kappa shape index (κ3) is 3.43. The molecular weight excluding hydrogens is 214 g/mol. The van der Waals surface area contributed by atoms with Crippen molar-refractivity contribution in [3.8, 4) is 0 Å². The maximum atomic E-state index is 11.5. The van der Waals surface area contributed by atoms with E-state index in [0.717, 1.165) is 18.4 Å². The van der Waals surface area contributed by atoms with Crippen molar-refractivity contribution in [2.75, 3.05) is 13.2 Å². The Balaban J connectivity index is 1.79. The highest BCUT2D eigenvalue weighted by Gasteiger charge is 2.41. The third-order valence-electron chi connectivity index (χ3n) is 3.16. The smallest absolute Gasteiger partial charge is 0.244 e. The molecule has 3 heteroatoms. The van der Waals surface area contributed by atoms with E-state index < -0.39 is 0 Å². The zero-order chi connectivity index (χ0) is 12.1. The largest absolute Gasteiger partial charge is 0.396 e. The van der Waals surface area contributed by atoms with Crippen molar-refractivity contribution in [1.82, 2.24) is 5.32 Å². The molecule has 1 saturated carbocycles. The fourth-order valence-electron chi connectivity index (χ4n) is 1.64. The molecule has 0 unspecified atom stereocenters. The molecule has 0 spiro atoms. The number of hydrogen-bond donors (Lipinski definition) is 2. The van der Waals surface area contributed by atoms with E-state index >= 15 is 0 Å². The van der Waals surface area contributed by atoms with E-state index in [4.69, 9.17) is 5.11 Å². The summed E-state index contributed by atoms with van der Waals surface area (Å²) in [6, 6.07) is 9.69. The normalized spacial score (nSPS) is 17.0. The predicted molar refractivity (Wildman–Crippen MR) is 67.2 cm³/mol. The molecule has 1 aliphatic rings. The fraction of sp³-hybridized carbons (Fsp3) is 0.357. The Morgan fingerprint density at radius 3 is 2.65 bits per heavy atom. The average molecular weight is 231 g/mol. The molecule has 0 radical (unpaired) electrons. The van der Waals surface area contributed by atoms with Gasteiger partial charge in [-0.3, -0.25) is 4.79 Å². The lowest BCUT2D eigenvalue weighted by Gasteiger charge is -2.10. The monoisotopic (exact) mass is 231 g/mol. The molecule has 2 rings (SSSR count). The number of carbonyl (C=O) groups is 1. The number of nitrogens with one attached hydrogen (secondary N) is 1. The van der Waals surface area contributed by atoms with Gasteiger partial charge in [-0.15, -0.1) is 0 Å². The second-order valence-electron chi connectivity index (χ2n) is 4.62. The minimum absolute atomic E-state index is 0.0315. The first kappa shape index (κ1) is 11.9. The quantitative estimate of drug-likeness (QED) is 0.756. The summed E-state index contributed by atoms with van der Waals surface area (Å²) in [5.41, 5.74) is 0.974. The Bertz CT molecular complexity index is 407. The van der Waals surface area contributed by atoms with Gasteiger partial charge < -0.3 is 10.4 Å². The summed E-state index contributed by atoms with van der Waals surface area (Å²) in [5, 5.41) is 11.9. The number of aliphatic hydroxyl groups is 1. The molecule has 0 atom stereocenters. The first-order valence-electron chi connectivity index (χ1n) is 5.86. The van der Waals surface area contributed by atoms with Gasteiger partial charge in [0.1, 0.15) is 0 Å². The molecule has 2 N–H and O–H groups in total. The molecular formula is C14H17NO2. The van der Waals surface area contributed by atoms with E-state index in [1.165, 1.54) is 6.08 Å². The van der Waals surface area contributed by atoms with Crippen LogP contribution in [0.2, 0.25) is 0 Å². The number of amides is 1. The molecule has 0 aromatic heterocycles. The van der Waals surface area contributed by atoms with Crippen LogP contribution < -0.4 is 5.32 Å². The molecule has 0 heterocycles. The highest BCUT2D eigenvalue weighted by molar-refractivity contribution is 5.91. The summed E-state index contributed by atoms with van der Waals surface area (Å²) in [6.07, 6.45) is 5.33. The Kier molecular flexibility index (Phi) is 3.59. The summed E-state index contributed by atoms with van der Waals surface area (Å²) in [4.78, 5) is 11.5. The van der Waals surface area contributed by atoms with Crippen molar-refractivity contribution in [3.05, 3.63) is 42.0 Å². The first-order chi connectivity index (χ1) is 8.24. The zero-order valence-electron chi connectivity index (χ0n) is 9.73. The molecule has 0 aliphatic heterocycles. The topological polar surface area (TPSA) is 49.3 Å². The molecule has 17 heavy (non-hydrogen) atoms. The second-order valence-corrected chi connectivity index (χ2v) is 4.62. The summed E-state index contributed by atoms with van der Waals surface area (Å²) in [6.45, 7) is 0.733. The van der Waals surface area contributed by atoms with Gasteiger partial charge in [0.25, 0.3) is 0 Å². The van der Waals surface area contributed by atoms with Gasteiger partial charge in [-0.05, 0) is 24.5 Å². The van der Waals surface area contributed by atoms with Gasteiger partial charge in [-0.2, -0.15) is 0 Å². The number of rotatable bonds is 5. The van der Waals surface area contributed by atoms with Gasteiger partial charge >= 0.3 is 0 Å². The van der Waals surface area contributed by atoms with Gasteiger partial charge in [0.15, 0.2) is 0 Å². The Labute approximate surface area is 101 Å². The van der Waals surface area contributed by atoms with Crippen molar-refractivity contribution < 1.29 is 9.90 Å². The number of benzene rings is 1. The van der Waals surface area contributed by atoms with Crippen LogP contribution in [0.1, 0.15) is 18.4 Å². The van der Waals surface area contributed by atoms with Crippen molar-refractivity contribution >= 4 is 12.0 Å². The highest BCUT2D eigenvalue weighted by Crippen LogP contribution is 2.44. The van der Waals surface area contributed by atoms with E-state index in [2.05, 4.69) is 5.32 Å². The molecule has 1 amide bonds. The zero-order valence-corrected chi connectivity index (χ0v) is 9.73. The van der Waals surface area contributed by atoms with Crippen LogP contribution in [0.25, 0.3) is 6.08 Å².